The monoisotopic (exact) mass is 211 g/mol. The van der Waals surface area contributed by atoms with Crippen LogP contribution in [0.25, 0.3) is 0 Å². The summed E-state index contributed by atoms with van der Waals surface area (Å²) in [5.41, 5.74) is 0. The van der Waals surface area contributed by atoms with Crippen molar-refractivity contribution >= 4 is 0 Å². The van der Waals surface area contributed by atoms with Crippen molar-refractivity contribution in [2.45, 2.75) is 77.7 Å². The number of rotatable bonds is 8. The number of hydrogen-bond acceptors (Lipinski definition) is 1. The van der Waals surface area contributed by atoms with Crippen molar-refractivity contribution < 1.29 is 0 Å². The van der Waals surface area contributed by atoms with Gasteiger partial charge in [0.05, 0.1) is 0 Å². The molecular formula is C14H29N. The molecule has 0 radical (unpaired) electrons. The maximum absolute atomic E-state index is 3.80. The maximum Gasteiger partial charge on any atom is 0.00670 e. The molecule has 0 heterocycles. The highest BCUT2D eigenvalue weighted by Crippen LogP contribution is 2.24. The molecule has 0 aromatic heterocycles. The van der Waals surface area contributed by atoms with Gasteiger partial charge in [0.15, 0.2) is 0 Å². The molecule has 1 nitrogen and oxygen atoms in total. The Labute approximate surface area is 96.0 Å². The highest BCUT2D eigenvalue weighted by molar-refractivity contribution is 4.73. The summed E-state index contributed by atoms with van der Waals surface area (Å²) >= 11 is 0. The standard InChI is InChI=1S/C14H29N/c1-3-5-11-14(8-4-2)15-12-13-9-6-7-10-13/h13-15H,3-12H2,1-2H3. The highest BCUT2D eigenvalue weighted by Gasteiger charge is 2.16. The largest absolute Gasteiger partial charge is 0.314 e. The van der Waals surface area contributed by atoms with Gasteiger partial charge in [-0.3, -0.25) is 0 Å². The topological polar surface area (TPSA) is 12.0 Å². The van der Waals surface area contributed by atoms with E-state index >= 15 is 0 Å². The first kappa shape index (κ1) is 13.0. The molecule has 0 saturated heterocycles. The lowest BCUT2D eigenvalue weighted by molar-refractivity contribution is 0.389. The van der Waals surface area contributed by atoms with Crippen molar-refractivity contribution in [3.8, 4) is 0 Å². The van der Waals surface area contributed by atoms with Crippen LogP contribution in [0, 0.1) is 5.92 Å². The molecule has 0 aromatic rings. The number of unbranched alkanes of at least 4 members (excludes halogenated alkanes) is 1. The van der Waals surface area contributed by atoms with E-state index in [1.54, 1.807) is 0 Å². The second-order valence-electron chi connectivity index (χ2n) is 5.19. The minimum atomic E-state index is 0.801. The summed E-state index contributed by atoms with van der Waals surface area (Å²) in [6.45, 7) is 5.88. The van der Waals surface area contributed by atoms with E-state index < -0.39 is 0 Å². The van der Waals surface area contributed by atoms with Crippen LogP contribution < -0.4 is 5.32 Å². The summed E-state index contributed by atoms with van der Waals surface area (Å²) in [6.07, 6.45) is 12.7. The summed E-state index contributed by atoms with van der Waals surface area (Å²) in [5, 5.41) is 3.80. The number of nitrogens with one attached hydrogen (secondary N) is 1. The molecular weight excluding hydrogens is 182 g/mol. The first-order chi connectivity index (χ1) is 7.36. The molecule has 15 heavy (non-hydrogen) atoms. The first-order valence-electron chi connectivity index (χ1n) is 7.10. The van der Waals surface area contributed by atoms with Gasteiger partial charge < -0.3 is 5.32 Å². The van der Waals surface area contributed by atoms with Gasteiger partial charge in [-0.1, -0.05) is 46.0 Å². The van der Waals surface area contributed by atoms with E-state index in [0.29, 0.717) is 0 Å². The predicted molar refractivity (Wildman–Crippen MR) is 68.2 cm³/mol. The van der Waals surface area contributed by atoms with Gasteiger partial charge in [0.25, 0.3) is 0 Å². The van der Waals surface area contributed by atoms with Crippen molar-refractivity contribution in [2.24, 2.45) is 5.92 Å². The molecule has 0 bridgehead atoms. The fraction of sp³-hybridized carbons (Fsp3) is 1.00. The van der Waals surface area contributed by atoms with Crippen LogP contribution in [0.1, 0.15) is 71.6 Å². The zero-order valence-corrected chi connectivity index (χ0v) is 10.7. The SMILES string of the molecule is CCCCC(CCC)NCC1CCCC1. The average molecular weight is 211 g/mol. The molecule has 1 aliphatic rings. The fourth-order valence-corrected chi connectivity index (χ4v) is 2.70. The maximum atomic E-state index is 3.80. The minimum absolute atomic E-state index is 0.801. The third-order valence-electron chi connectivity index (χ3n) is 3.71. The Morgan fingerprint density at radius 2 is 1.80 bits per heavy atom. The minimum Gasteiger partial charge on any atom is -0.314 e. The predicted octanol–water partition coefficient (Wildman–Crippen LogP) is 4.13. The average Bonchev–Trinajstić information content (AvgIpc) is 2.75. The summed E-state index contributed by atoms with van der Waals surface area (Å²) in [5.74, 6) is 0.992. The van der Waals surface area contributed by atoms with Crippen LogP contribution >= 0.6 is 0 Å². The highest BCUT2D eigenvalue weighted by atomic mass is 14.9. The second kappa shape index (κ2) is 8.15. The summed E-state index contributed by atoms with van der Waals surface area (Å²) in [4.78, 5) is 0. The Morgan fingerprint density at radius 3 is 2.40 bits per heavy atom. The Balaban J connectivity index is 2.11. The van der Waals surface area contributed by atoms with Crippen LogP contribution in [-0.4, -0.2) is 12.6 Å². The fourth-order valence-electron chi connectivity index (χ4n) is 2.70. The molecule has 1 N–H and O–H groups in total. The molecule has 0 amide bonds. The number of hydrogen-bond donors (Lipinski definition) is 1. The lowest BCUT2D eigenvalue weighted by Gasteiger charge is -2.20. The van der Waals surface area contributed by atoms with Gasteiger partial charge in [0.2, 0.25) is 0 Å². The van der Waals surface area contributed by atoms with Crippen molar-refractivity contribution in [1.82, 2.24) is 5.32 Å². The van der Waals surface area contributed by atoms with E-state index in [2.05, 4.69) is 19.2 Å². The van der Waals surface area contributed by atoms with Crippen molar-refractivity contribution in [3.63, 3.8) is 0 Å². The lowest BCUT2D eigenvalue weighted by Crippen LogP contribution is -2.32. The summed E-state index contributed by atoms with van der Waals surface area (Å²) < 4.78 is 0. The zero-order valence-electron chi connectivity index (χ0n) is 10.7. The molecule has 1 rings (SSSR count). The van der Waals surface area contributed by atoms with E-state index in [1.165, 1.54) is 64.3 Å². The van der Waals surface area contributed by atoms with E-state index in [-0.39, 0.29) is 0 Å². The summed E-state index contributed by atoms with van der Waals surface area (Å²) in [6, 6.07) is 0.801. The van der Waals surface area contributed by atoms with Gasteiger partial charge in [-0.2, -0.15) is 0 Å². The van der Waals surface area contributed by atoms with Crippen LogP contribution in [-0.2, 0) is 0 Å². The Morgan fingerprint density at radius 1 is 1.07 bits per heavy atom. The van der Waals surface area contributed by atoms with E-state index in [4.69, 9.17) is 0 Å². The molecule has 90 valence electrons. The molecule has 1 unspecified atom stereocenters. The van der Waals surface area contributed by atoms with Gasteiger partial charge in [-0.25, -0.2) is 0 Å². The normalized spacial score (nSPS) is 19.6. The van der Waals surface area contributed by atoms with Gasteiger partial charge in [-0.15, -0.1) is 0 Å². The Hall–Kier alpha value is -0.0400. The third kappa shape index (κ3) is 5.55. The van der Waals surface area contributed by atoms with Crippen LogP contribution in [0.5, 0.6) is 0 Å². The van der Waals surface area contributed by atoms with Crippen molar-refractivity contribution in [1.29, 1.82) is 0 Å². The lowest BCUT2D eigenvalue weighted by atomic mass is 10.0. The molecule has 1 saturated carbocycles. The molecule has 1 aliphatic carbocycles. The molecule has 0 aliphatic heterocycles. The molecule has 1 fully saturated rings. The smallest absolute Gasteiger partial charge is 0.00670 e. The van der Waals surface area contributed by atoms with Gasteiger partial charge in [0, 0.05) is 6.04 Å². The van der Waals surface area contributed by atoms with Gasteiger partial charge in [-0.05, 0) is 38.1 Å². The van der Waals surface area contributed by atoms with E-state index in [0.717, 1.165) is 12.0 Å². The zero-order chi connectivity index (χ0) is 10.9. The van der Waals surface area contributed by atoms with E-state index in [9.17, 15) is 0 Å². The molecule has 1 atom stereocenters. The van der Waals surface area contributed by atoms with Crippen LogP contribution in [0.3, 0.4) is 0 Å². The van der Waals surface area contributed by atoms with Crippen molar-refractivity contribution in [2.75, 3.05) is 6.54 Å². The molecule has 0 aromatic carbocycles. The first-order valence-corrected chi connectivity index (χ1v) is 7.10. The Bertz CT molecular complexity index is 138. The van der Waals surface area contributed by atoms with Crippen LogP contribution in [0.2, 0.25) is 0 Å². The van der Waals surface area contributed by atoms with Crippen molar-refractivity contribution in [3.05, 3.63) is 0 Å². The van der Waals surface area contributed by atoms with Gasteiger partial charge in [0.1, 0.15) is 0 Å². The van der Waals surface area contributed by atoms with Crippen LogP contribution in [0.15, 0.2) is 0 Å². The van der Waals surface area contributed by atoms with Gasteiger partial charge >= 0.3 is 0 Å². The quantitative estimate of drug-likeness (QED) is 0.636. The molecule has 1 heteroatoms. The second-order valence-corrected chi connectivity index (χ2v) is 5.19. The Kier molecular flexibility index (Phi) is 7.08. The third-order valence-corrected chi connectivity index (χ3v) is 3.71. The van der Waals surface area contributed by atoms with Crippen LogP contribution in [0.4, 0.5) is 0 Å². The van der Waals surface area contributed by atoms with E-state index in [1.807, 2.05) is 0 Å². The molecule has 0 spiro atoms. The summed E-state index contributed by atoms with van der Waals surface area (Å²) in [7, 11) is 0.